The maximum atomic E-state index is 12.0. The molecule has 27 heavy (non-hydrogen) atoms. The number of aromatic nitrogens is 2. The Balaban J connectivity index is 1.60. The summed E-state index contributed by atoms with van der Waals surface area (Å²) < 4.78 is 10.8. The second-order valence-electron chi connectivity index (χ2n) is 5.75. The molecule has 9 nitrogen and oxygen atoms in total. The summed E-state index contributed by atoms with van der Waals surface area (Å²) in [4.78, 5) is 19.8. The van der Waals surface area contributed by atoms with E-state index in [1.165, 1.54) is 6.33 Å². The molecule has 0 spiro atoms. The smallest absolute Gasteiger partial charge is 0.319 e. The number of nitrogen functional groups attached to an aromatic ring is 2. The molecule has 1 saturated heterocycles. The molecule has 6 N–H and O–H groups in total. The van der Waals surface area contributed by atoms with Crippen LogP contribution in [0.4, 0.5) is 22.1 Å². The molecular weight excluding hydrogens is 348 g/mol. The van der Waals surface area contributed by atoms with Crippen molar-refractivity contribution in [2.75, 3.05) is 43.1 Å². The molecule has 1 aromatic carbocycles. The van der Waals surface area contributed by atoms with Crippen molar-refractivity contribution in [2.24, 2.45) is 0 Å². The van der Waals surface area contributed by atoms with Gasteiger partial charge in [-0.05, 0) is 18.2 Å². The predicted octanol–water partition coefficient (Wildman–Crippen LogP) is 0.578. The topological polar surface area (TPSA) is 137 Å². The Kier molecular flexibility index (Phi) is 6.04. The zero-order valence-corrected chi connectivity index (χ0v) is 14.6. The number of benzene rings is 1. The molecule has 9 heteroatoms. The van der Waals surface area contributed by atoms with Crippen LogP contribution in [0.5, 0.6) is 0 Å². The Bertz CT molecular complexity index is 851. The van der Waals surface area contributed by atoms with E-state index in [4.69, 9.17) is 20.9 Å². The van der Waals surface area contributed by atoms with Crippen LogP contribution in [0.15, 0.2) is 30.6 Å². The lowest BCUT2D eigenvalue weighted by Crippen LogP contribution is -2.41. The lowest BCUT2D eigenvalue weighted by molar-refractivity contribution is -0.0852. The minimum Gasteiger partial charge on any atom is -0.382 e. The highest BCUT2D eigenvalue weighted by atomic mass is 16.6. The number of nitrogens with zero attached hydrogens (tertiary/aromatic N) is 2. The summed E-state index contributed by atoms with van der Waals surface area (Å²) >= 11 is 0. The number of carbonyl (C=O) groups is 1. The molecule has 0 aliphatic carbocycles. The van der Waals surface area contributed by atoms with E-state index in [0.29, 0.717) is 43.2 Å². The predicted molar refractivity (Wildman–Crippen MR) is 101 cm³/mol. The van der Waals surface area contributed by atoms with Crippen LogP contribution in [0.1, 0.15) is 11.1 Å². The van der Waals surface area contributed by atoms with E-state index in [-0.39, 0.29) is 23.8 Å². The third kappa shape index (κ3) is 5.31. The number of anilines is 3. The van der Waals surface area contributed by atoms with Gasteiger partial charge in [0.15, 0.2) is 0 Å². The van der Waals surface area contributed by atoms with Crippen molar-refractivity contribution < 1.29 is 14.3 Å². The number of amides is 2. The van der Waals surface area contributed by atoms with Gasteiger partial charge in [0.1, 0.15) is 23.5 Å². The first-order valence-electron chi connectivity index (χ1n) is 8.34. The van der Waals surface area contributed by atoms with Gasteiger partial charge in [0, 0.05) is 17.8 Å². The zero-order valence-electron chi connectivity index (χ0n) is 14.6. The minimum atomic E-state index is -0.334. The van der Waals surface area contributed by atoms with E-state index >= 15 is 0 Å². The molecule has 0 bridgehead atoms. The van der Waals surface area contributed by atoms with E-state index in [1.807, 2.05) is 0 Å². The fraction of sp³-hybridized carbons (Fsp3) is 0.278. The molecule has 1 fully saturated rings. The van der Waals surface area contributed by atoms with Crippen LogP contribution in [0, 0.1) is 11.8 Å². The standard InChI is InChI=1S/C18H20N6O3/c19-16-15(17(20)23-11-22-16)5-4-12-2-1-3-13(8-12)24-18(25)21-9-14-10-26-6-7-27-14/h1-3,8,11,14H,6-7,9-10H2,(H2,21,24,25)(H4,19,20,22,23). The Morgan fingerprint density at radius 3 is 2.78 bits per heavy atom. The van der Waals surface area contributed by atoms with Crippen molar-refractivity contribution in [1.82, 2.24) is 15.3 Å². The second-order valence-corrected chi connectivity index (χ2v) is 5.75. The second kappa shape index (κ2) is 8.84. The molecule has 2 aromatic rings. The van der Waals surface area contributed by atoms with E-state index in [1.54, 1.807) is 24.3 Å². The quantitative estimate of drug-likeness (QED) is 0.581. The van der Waals surface area contributed by atoms with Crippen LogP contribution in [-0.4, -0.2) is 48.5 Å². The highest BCUT2D eigenvalue weighted by Gasteiger charge is 2.15. The summed E-state index contributed by atoms with van der Waals surface area (Å²) in [5.41, 5.74) is 13.2. The third-order valence-corrected chi connectivity index (χ3v) is 3.73. The maximum Gasteiger partial charge on any atom is 0.319 e. The van der Waals surface area contributed by atoms with Crippen LogP contribution in [0.2, 0.25) is 0 Å². The normalized spacial score (nSPS) is 16.1. The average molecular weight is 368 g/mol. The van der Waals surface area contributed by atoms with Crippen LogP contribution in [0.3, 0.4) is 0 Å². The van der Waals surface area contributed by atoms with Gasteiger partial charge < -0.3 is 31.6 Å². The fourth-order valence-corrected chi connectivity index (χ4v) is 2.39. The van der Waals surface area contributed by atoms with Crippen LogP contribution >= 0.6 is 0 Å². The first-order valence-corrected chi connectivity index (χ1v) is 8.34. The Morgan fingerprint density at radius 2 is 2.04 bits per heavy atom. The number of urea groups is 1. The molecule has 1 aliphatic rings. The molecule has 0 saturated carbocycles. The van der Waals surface area contributed by atoms with Crippen LogP contribution in [-0.2, 0) is 9.47 Å². The maximum absolute atomic E-state index is 12.0. The van der Waals surface area contributed by atoms with Crippen molar-refractivity contribution in [3.63, 3.8) is 0 Å². The summed E-state index contributed by atoms with van der Waals surface area (Å²) in [5, 5.41) is 5.51. The first kappa shape index (κ1) is 18.4. The number of nitrogens with two attached hydrogens (primary N) is 2. The van der Waals surface area contributed by atoms with Crippen molar-refractivity contribution >= 4 is 23.4 Å². The van der Waals surface area contributed by atoms with Crippen LogP contribution in [0.25, 0.3) is 0 Å². The van der Waals surface area contributed by atoms with Gasteiger partial charge in [-0.3, -0.25) is 0 Å². The van der Waals surface area contributed by atoms with Gasteiger partial charge in [-0.15, -0.1) is 0 Å². The monoisotopic (exact) mass is 368 g/mol. The molecule has 0 radical (unpaired) electrons. The SMILES string of the molecule is Nc1ncnc(N)c1C#Cc1cccc(NC(=O)NCC2COCCO2)c1. The van der Waals surface area contributed by atoms with Crippen molar-refractivity contribution in [3.8, 4) is 11.8 Å². The van der Waals surface area contributed by atoms with E-state index in [9.17, 15) is 4.79 Å². The molecule has 2 heterocycles. The van der Waals surface area contributed by atoms with Gasteiger partial charge in [0.25, 0.3) is 0 Å². The van der Waals surface area contributed by atoms with Gasteiger partial charge in [-0.1, -0.05) is 17.9 Å². The summed E-state index contributed by atoms with van der Waals surface area (Å²) in [5.74, 6) is 6.24. The van der Waals surface area contributed by atoms with Crippen LogP contribution < -0.4 is 22.1 Å². The highest BCUT2D eigenvalue weighted by Crippen LogP contribution is 2.13. The number of nitrogens with one attached hydrogen (secondary N) is 2. The van der Waals surface area contributed by atoms with Gasteiger partial charge in [0.05, 0.1) is 25.9 Å². The van der Waals surface area contributed by atoms with E-state index in [0.717, 1.165) is 0 Å². The lowest BCUT2D eigenvalue weighted by atomic mass is 10.2. The molecule has 140 valence electrons. The number of rotatable bonds is 3. The van der Waals surface area contributed by atoms with Crippen molar-refractivity contribution in [1.29, 1.82) is 0 Å². The molecule has 3 rings (SSSR count). The third-order valence-electron chi connectivity index (χ3n) is 3.73. The largest absolute Gasteiger partial charge is 0.382 e. The number of hydrogen-bond donors (Lipinski definition) is 4. The molecule has 1 aromatic heterocycles. The number of ether oxygens (including phenoxy) is 2. The Hall–Kier alpha value is -3.35. The van der Waals surface area contributed by atoms with Gasteiger partial charge >= 0.3 is 6.03 Å². The number of carbonyl (C=O) groups excluding carboxylic acids is 1. The van der Waals surface area contributed by atoms with E-state index in [2.05, 4.69) is 32.4 Å². The number of hydrogen-bond acceptors (Lipinski definition) is 7. The molecule has 2 amide bonds. The fourth-order valence-electron chi connectivity index (χ4n) is 2.39. The molecule has 1 atom stereocenters. The molecular formula is C18H20N6O3. The Labute approximate surface area is 156 Å². The van der Waals surface area contributed by atoms with Gasteiger partial charge in [-0.25, -0.2) is 14.8 Å². The summed E-state index contributed by atoms with van der Waals surface area (Å²) in [6.07, 6.45) is 1.15. The molecule has 1 aliphatic heterocycles. The highest BCUT2D eigenvalue weighted by molar-refractivity contribution is 5.89. The first-order chi connectivity index (χ1) is 13.1. The van der Waals surface area contributed by atoms with Crippen molar-refractivity contribution in [3.05, 3.63) is 41.7 Å². The molecule has 1 unspecified atom stereocenters. The zero-order chi connectivity index (χ0) is 19.1. The van der Waals surface area contributed by atoms with E-state index < -0.39 is 0 Å². The lowest BCUT2D eigenvalue weighted by Gasteiger charge is -2.23. The van der Waals surface area contributed by atoms with Gasteiger partial charge in [0.2, 0.25) is 0 Å². The van der Waals surface area contributed by atoms with Crippen molar-refractivity contribution in [2.45, 2.75) is 6.10 Å². The average Bonchev–Trinajstić information content (AvgIpc) is 2.67. The summed E-state index contributed by atoms with van der Waals surface area (Å²) in [6, 6.07) is 6.76. The summed E-state index contributed by atoms with van der Waals surface area (Å²) in [6.45, 7) is 1.97. The minimum absolute atomic E-state index is 0.134. The Morgan fingerprint density at radius 1 is 1.22 bits per heavy atom. The summed E-state index contributed by atoms with van der Waals surface area (Å²) in [7, 11) is 0. The van der Waals surface area contributed by atoms with Gasteiger partial charge in [-0.2, -0.15) is 0 Å².